The Bertz CT molecular complexity index is 1210. The summed E-state index contributed by atoms with van der Waals surface area (Å²) in [6, 6.07) is 3.01. The Hall–Kier alpha value is -3.77. The molecule has 34 heavy (non-hydrogen) atoms. The summed E-state index contributed by atoms with van der Waals surface area (Å²) in [6.45, 7) is 4.40. The van der Waals surface area contributed by atoms with Crippen LogP contribution in [0.15, 0.2) is 22.8 Å². The van der Waals surface area contributed by atoms with Crippen LogP contribution in [-0.2, 0) is 9.59 Å². The van der Waals surface area contributed by atoms with Crippen LogP contribution < -0.4 is 10.6 Å². The molecular formula is C21H26FN9O3. The van der Waals surface area contributed by atoms with Crippen molar-refractivity contribution in [3.05, 3.63) is 18.4 Å². The molecule has 13 heteroatoms. The molecule has 3 aromatic heterocycles. The average molecular weight is 471 g/mol. The molecule has 12 nitrogen and oxygen atoms in total. The number of carbonyl (C=O) groups excluding carboxylic acids is 2. The zero-order valence-electron chi connectivity index (χ0n) is 19.0. The predicted octanol–water partition coefficient (Wildman–Crippen LogP) is 0.749. The smallest absolute Gasteiger partial charge is 0.259 e. The van der Waals surface area contributed by atoms with E-state index in [1.54, 1.807) is 17.0 Å². The lowest BCUT2D eigenvalue weighted by Crippen LogP contribution is -2.57. The van der Waals surface area contributed by atoms with Gasteiger partial charge in [0.15, 0.2) is 11.4 Å². The number of hydrogen-bond acceptors (Lipinski definition) is 9. The Morgan fingerprint density at radius 3 is 2.53 bits per heavy atom. The van der Waals surface area contributed by atoms with Gasteiger partial charge in [-0.3, -0.25) is 9.59 Å². The van der Waals surface area contributed by atoms with Gasteiger partial charge in [0.1, 0.15) is 6.04 Å². The van der Waals surface area contributed by atoms with E-state index in [0.29, 0.717) is 56.7 Å². The maximum absolute atomic E-state index is 14.0. The highest BCUT2D eigenvalue weighted by Gasteiger charge is 2.39. The summed E-state index contributed by atoms with van der Waals surface area (Å²) in [5.41, 5.74) is 4.20. The van der Waals surface area contributed by atoms with Gasteiger partial charge >= 0.3 is 0 Å². The lowest BCUT2D eigenvalue weighted by Gasteiger charge is -2.38. The number of nitrogens with two attached hydrogens (primary N) is 1. The van der Waals surface area contributed by atoms with Crippen molar-refractivity contribution in [3.8, 4) is 11.6 Å². The van der Waals surface area contributed by atoms with Gasteiger partial charge in [-0.1, -0.05) is 0 Å². The number of hydrogen-bond donors (Lipinski definition) is 1. The quantitative estimate of drug-likeness (QED) is 0.584. The number of nitrogen functional groups attached to an aromatic ring is 1. The second kappa shape index (κ2) is 8.22. The van der Waals surface area contributed by atoms with E-state index in [2.05, 4.69) is 20.1 Å². The van der Waals surface area contributed by atoms with Crippen molar-refractivity contribution in [3.63, 3.8) is 0 Å². The number of aromatic nitrogens is 5. The number of nitrogens with zero attached hydrogens (tertiary/aromatic N) is 8. The summed E-state index contributed by atoms with van der Waals surface area (Å²) in [7, 11) is 0. The molecule has 0 spiro atoms. The van der Waals surface area contributed by atoms with Crippen molar-refractivity contribution in [1.29, 1.82) is 0 Å². The van der Waals surface area contributed by atoms with Gasteiger partial charge < -0.3 is 24.9 Å². The summed E-state index contributed by atoms with van der Waals surface area (Å²) in [6.07, 6.45) is 2.97. The lowest BCUT2D eigenvalue weighted by molar-refractivity contribution is -0.147. The van der Waals surface area contributed by atoms with Gasteiger partial charge in [0.2, 0.25) is 23.6 Å². The highest BCUT2D eigenvalue weighted by Crippen LogP contribution is 2.26. The average Bonchev–Trinajstić information content (AvgIpc) is 3.57. The molecule has 0 aromatic carbocycles. The highest BCUT2D eigenvalue weighted by molar-refractivity contribution is 5.87. The van der Waals surface area contributed by atoms with E-state index in [-0.39, 0.29) is 17.6 Å². The molecule has 0 unspecified atom stereocenters. The summed E-state index contributed by atoms with van der Waals surface area (Å²) < 4.78 is 20.7. The second-order valence-corrected chi connectivity index (χ2v) is 8.95. The Morgan fingerprint density at radius 2 is 1.85 bits per heavy atom. The van der Waals surface area contributed by atoms with Crippen LogP contribution in [0.2, 0.25) is 0 Å². The molecule has 1 atom stereocenters. The monoisotopic (exact) mass is 471 g/mol. The Kier molecular flexibility index (Phi) is 5.33. The number of halogens is 1. The van der Waals surface area contributed by atoms with Crippen molar-refractivity contribution >= 4 is 29.5 Å². The maximum Gasteiger partial charge on any atom is 0.259 e. The van der Waals surface area contributed by atoms with Gasteiger partial charge in [0.05, 0.1) is 6.26 Å². The number of piperazine rings is 1. The van der Waals surface area contributed by atoms with E-state index >= 15 is 0 Å². The topological polar surface area (TPSA) is 139 Å². The Balaban J connectivity index is 1.33. The molecule has 5 rings (SSSR count). The van der Waals surface area contributed by atoms with Crippen molar-refractivity contribution in [2.24, 2.45) is 0 Å². The number of furan rings is 1. The fraction of sp³-hybridized carbons (Fsp3) is 0.524. The minimum atomic E-state index is -1.93. The van der Waals surface area contributed by atoms with Crippen LogP contribution in [0.25, 0.3) is 17.4 Å². The van der Waals surface area contributed by atoms with E-state index in [1.165, 1.54) is 29.5 Å². The molecule has 0 aliphatic carbocycles. The van der Waals surface area contributed by atoms with Gasteiger partial charge in [-0.15, -0.1) is 5.10 Å². The van der Waals surface area contributed by atoms with Crippen molar-refractivity contribution in [2.45, 2.75) is 38.4 Å². The van der Waals surface area contributed by atoms with Crippen molar-refractivity contribution < 1.29 is 18.4 Å². The van der Waals surface area contributed by atoms with Gasteiger partial charge in [-0.2, -0.15) is 19.5 Å². The highest BCUT2D eigenvalue weighted by atomic mass is 19.1. The van der Waals surface area contributed by atoms with E-state index in [4.69, 9.17) is 10.2 Å². The van der Waals surface area contributed by atoms with E-state index < -0.39 is 17.6 Å². The van der Waals surface area contributed by atoms with Gasteiger partial charge in [-0.25, -0.2) is 4.39 Å². The first-order valence-corrected chi connectivity index (χ1v) is 11.2. The number of rotatable bonds is 4. The number of amides is 2. The zero-order chi connectivity index (χ0) is 24.0. The summed E-state index contributed by atoms with van der Waals surface area (Å²) in [5.74, 6) is 0.866. The van der Waals surface area contributed by atoms with Crippen LogP contribution >= 0.6 is 0 Å². The van der Waals surface area contributed by atoms with Gasteiger partial charge in [-0.05, 0) is 38.8 Å². The minimum absolute atomic E-state index is 0.0658. The Morgan fingerprint density at radius 1 is 1.12 bits per heavy atom. The molecule has 0 radical (unpaired) electrons. The standard InChI is InChI=1S/C21H26FN9O3/c1-21(2,22)17(33)29-10-8-28(9-11-29)16(32)13-5-3-7-30(13)19-25-18(23)31-20(26-19)24-15(27-31)14-6-4-12-34-14/h4,6,12-13H,3,5,7-11H2,1-2H3,(H2,23,24,25,26,27)/t13-/m0/s1. The van der Waals surface area contributed by atoms with Crippen LogP contribution in [0.3, 0.4) is 0 Å². The first-order chi connectivity index (χ1) is 16.2. The second-order valence-electron chi connectivity index (χ2n) is 8.95. The molecular weight excluding hydrogens is 445 g/mol. The largest absolute Gasteiger partial charge is 0.461 e. The molecule has 2 N–H and O–H groups in total. The molecule has 0 saturated carbocycles. The third-order valence-electron chi connectivity index (χ3n) is 6.15. The van der Waals surface area contributed by atoms with Gasteiger partial charge in [0, 0.05) is 32.7 Å². The summed E-state index contributed by atoms with van der Waals surface area (Å²) in [4.78, 5) is 43.8. The molecule has 2 aliphatic heterocycles. The van der Waals surface area contributed by atoms with E-state index in [9.17, 15) is 14.0 Å². The van der Waals surface area contributed by atoms with Crippen LogP contribution in [0, 0.1) is 0 Å². The number of carbonyl (C=O) groups is 2. The molecule has 3 aromatic rings. The molecule has 2 fully saturated rings. The van der Waals surface area contributed by atoms with Crippen LogP contribution in [0.4, 0.5) is 16.3 Å². The number of anilines is 2. The lowest BCUT2D eigenvalue weighted by atomic mass is 10.1. The number of fused-ring (bicyclic) bond motifs is 1. The minimum Gasteiger partial charge on any atom is -0.461 e. The van der Waals surface area contributed by atoms with Crippen molar-refractivity contribution in [1.82, 2.24) is 34.4 Å². The first-order valence-electron chi connectivity index (χ1n) is 11.2. The Labute approximate surface area is 194 Å². The SMILES string of the molecule is CC(C)(F)C(=O)N1CCN(C(=O)[C@@H]2CCCN2c2nc(N)n3nc(-c4ccco4)nc3n2)CC1. The number of alkyl halides is 1. The normalized spacial score (nSPS) is 19.3. The van der Waals surface area contributed by atoms with Gasteiger partial charge in [0.25, 0.3) is 11.7 Å². The molecule has 5 heterocycles. The first kappa shape index (κ1) is 22.0. The van der Waals surface area contributed by atoms with Crippen LogP contribution in [0.5, 0.6) is 0 Å². The van der Waals surface area contributed by atoms with Crippen LogP contribution in [0.1, 0.15) is 26.7 Å². The molecule has 180 valence electrons. The maximum atomic E-state index is 14.0. The van der Waals surface area contributed by atoms with Crippen molar-refractivity contribution in [2.75, 3.05) is 43.4 Å². The summed E-state index contributed by atoms with van der Waals surface area (Å²) >= 11 is 0. The fourth-order valence-corrected chi connectivity index (χ4v) is 4.41. The predicted molar refractivity (Wildman–Crippen MR) is 119 cm³/mol. The molecule has 0 bridgehead atoms. The fourth-order valence-electron chi connectivity index (χ4n) is 4.41. The summed E-state index contributed by atoms with van der Waals surface area (Å²) in [5, 5.41) is 4.30. The van der Waals surface area contributed by atoms with E-state index in [1.807, 2.05) is 4.90 Å². The molecule has 2 saturated heterocycles. The zero-order valence-corrected chi connectivity index (χ0v) is 19.0. The van der Waals surface area contributed by atoms with E-state index in [0.717, 1.165) is 6.42 Å². The third kappa shape index (κ3) is 3.90. The van der Waals surface area contributed by atoms with Crippen LogP contribution in [-0.4, -0.2) is 90.6 Å². The third-order valence-corrected chi connectivity index (χ3v) is 6.15. The molecule has 2 amide bonds. The molecule has 2 aliphatic rings.